The smallest absolute Gasteiger partial charge is 0.252 e. The molecule has 4 fully saturated rings. The van der Waals surface area contributed by atoms with Crippen molar-refractivity contribution in [1.29, 1.82) is 0 Å². The molecular formula is C35H57NO4. The van der Waals surface area contributed by atoms with E-state index in [1.54, 1.807) is 12.2 Å². The van der Waals surface area contributed by atoms with Crippen molar-refractivity contribution in [1.82, 2.24) is 5.06 Å². The van der Waals surface area contributed by atoms with E-state index in [2.05, 4.69) is 54.5 Å². The number of aliphatic hydroxyl groups is 1. The number of nitrogens with zero attached hydrogens (tertiary/aromatic N) is 1. The average molecular weight is 556 g/mol. The van der Waals surface area contributed by atoms with Gasteiger partial charge in [0.05, 0.1) is 18.8 Å². The van der Waals surface area contributed by atoms with Crippen LogP contribution in [0.3, 0.4) is 0 Å². The lowest BCUT2D eigenvalue weighted by atomic mass is 9.33. The zero-order valence-electron chi connectivity index (χ0n) is 27.4. The first kappa shape index (κ1) is 30.3. The average Bonchev–Trinajstić information content (AvgIpc) is 2.83. The van der Waals surface area contributed by atoms with E-state index in [-0.39, 0.29) is 50.9 Å². The monoisotopic (exact) mass is 555 g/mol. The number of carbonyl (C=O) groups excluding carboxylic acids is 2. The van der Waals surface area contributed by atoms with Crippen LogP contribution in [-0.2, 0) is 14.4 Å². The van der Waals surface area contributed by atoms with Crippen LogP contribution >= 0.6 is 0 Å². The van der Waals surface area contributed by atoms with Gasteiger partial charge in [0.2, 0.25) is 0 Å². The molecule has 0 spiro atoms. The third-order valence-electron chi connectivity index (χ3n) is 14.0. The minimum Gasteiger partial charge on any atom is -0.393 e. The maximum atomic E-state index is 14.5. The maximum Gasteiger partial charge on any atom is 0.252 e. The normalized spacial score (nSPS) is 48.2. The Balaban J connectivity index is 1.57. The van der Waals surface area contributed by atoms with Crippen molar-refractivity contribution in [2.75, 3.05) is 7.11 Å². The summed E-state index contributed by atoms with van der Waals surface area (Å²) in [5, 5.41) is 12.6. The van der Waals surface area contributed by atoms with E-state index in [0.29, 0.717) is 11.7 Å². The number of rotatable bonds is 2. The summed E-state index contributed by atoms with van der Waals surface area (Å²) in [6.45, 7) is 22.4. The molecule has 1 amide bonds. The minimum atomic E-state index is -0.527. The molecule has 5 aliphatic carbocycles. The summed E-state index contributed by atoms with van der Waals surface area (Å²) in [5.41, 5.74) is -0.00476. The Kier molecular flexibility index (Phi) is 6.74. The van der Waals surface area contributed by atoms with Crippen molar-refractivity contribution in [3.63, 3.8) is 0 Å². The van der Waals surface area contributed by atoms with E-state index in [9.17, 15) is 14.7 Å². The second-order valence-corrected chi connectivity index (χ2v) is 17.6. The predicted octanol–water partition coefficient (Wildman–Crippen LogP) is 7.52. The molecule has 0 saturated heterocycles. The lowest BCUT2D eigenvalue weighted by Crippen LogP contribution is -2.66. The number of allylic oxidation sites excluding steroid dienone is 2. The van der Waals surface area contributed by atoms with Gasteiger partial charge in [0.15, 0.2) is 5.78 Å². The third kappa shape index (κ3) is 3.84. The highest BCUT2D eigenvalue weighted by Gasteiger charge is 2.70. The summed E-state index contributed by atoms with van der Waals surface area (Å²) >= 11 is 0. The summed E-state index contributed by atoms with van der Waals surface area (Å²) < 4.78 is 0. The Bertz CT molecular complexity index is 1120. The van der Waals surface area contributed by atoms with Gasteiger partial charge in [0.25, 0.3) is 5.91 Å². The van der Waals surface area contributed by atoms with Crippen LogP contribution in [0, 0.1) is 50.2 Å². The van der Waals surface area contributed by atoms with Gasteiger partial charge in [-0.2, -0.15) is 0 Å². The first-order valence-electron chi connectivity index (χ1n) is 16.0. The van der Waals surface area contributed by atoms with Gasteiger partial charge in [0.1, 0.15) is 0 Å². The van der Waals surface area contributed by atoms with E-state index in [1.165, 1.54) is 5.57 Å². The Morgan fingerprint density at radius 2 is 1.57 bits per heavy atom. The molecule has 40 heavy (non-hydrogen) atoms. The van der Waals surface area contributed by atoms with Crippen LogP contribution in [0.1, 0.15) is 127 Å². The molecule has 5 nitrogen and oxygen atoms in total. The summed E-state index contributed by atoms with van der Waals surface area (Å²) in [6.07, 6.45) is 10.4. The second-order valence-electron chi connectivity index (χ2n) is 17.6. The van der Waals surface area contributed by atoms with Crippen LogP contribution in [0.25, 0.3) is 0 Å². The third-order valence-corrected chi connectivity index (χ3v) is 14.0. The molecule has 226 valence electrons. The zero-order valence-corrected chi connectivity index (χ0v) is 27.4. The lowest BCUT2D eigenvalue weighted by molar-refractivity contribution is -0.216. The maximum absolute atomic E-state index is 14.5. The Morgan fingerprint density at radius 1 is 0.950 bits per heavy atom. The number of hydrogen-bond donors (Lipinski definition) is 1. The molecule has 0 heterocycles. The van der Waals surface area contributed by atoms with Gasteiger partial charge in [-0.1, -0.05) is 54.0 Å². The van der Waals surface area contributed by atoms with Gasteiger partial charge >= 0.3 is 0 Å². The van der Waals surface area contributed by atoms with Crippen molar-refractivity contribution < 1.29 is 19.5 Å². The summed E-state index contributed by atoms with van der Waals surface area (Å²) in [5.74, 6) is 0.908. The predicted molar refractivity (Wildman–Crippen MR) is 159 cm³/mol. The van der Waals surface area contributed by atoms with E-state index in [4.69, 9.17) is 4.84 Å². The summed E-state index contributed by atoms with van der Waals surface area (Å²) in [4.78, 5) is 34.2. The molecule has 0 aliphatic heterocycles. The molecule has 0 bridgehead atoms. The highest BCUT2D eigenvalue weighted by Crippen LogP contribution is 2.75. The quantitative estimate of drug-likeness (QED) is 0.358. The Labute approximate surface area is 243 Å². The van der Waals surface area contributed by atoms with Crippen LogP contribution in [-0.4, -0.2) is 40.6 Å². The highest BCUT2D eigenvalue weighted by molar-refractivity contribution is 5.95. The fraction of sp³-hybridized carbons (Fsp3) is 0.886. The molecule has 5 aliphatic rings. The number of hydroxylamine groups is 2. The Hall–Kier alpha value is -1.20. The van der Waals surface area contributed by atoms with E-state index < -0.39 is 11.0 Å². The molecular weight excluding hydrogens is 498 g/mol. The van der Waals surface area contributed by atoms with Crippen LogP contribution in [0.15, 0.2) is 11.6 Å². The van der Waals surface area contributed by atoms with Crippen molar-refractivity contribution in [2.45, 2.75) is 139 Å². The van der Waals surface area contributed by atoms with Crippen molar-refractivity contribution >= 4 is 11.7 Å². The fourth-order valence-corrected chi connectivity index (χ4v) is 11.3. The minimum absolute atomic E-state index is 0.0230. The molecule has 5 rings (SSSR count). The first-order valence-corrected chi connectivity index (χ1v) is 16.0. The van der Waals surface area contributed by atoms with Crippen molar-refractivity contribution in [3.8, 4) is 0 Å². The van der Waals surface area contributed by atoms with E-state index in [0.717, 1.165) is 57.8 Å². The number of carbonyl (C=O) groups is 2. The lowest BCUT2D eigenvalue weighted by Gasteiger charge is -2.70. The van der Waals surface area contributed by atoms with Gasteiger partial charge < -0.3 is 5.11 Å². The fourth-order valence-electron chi connectivity index (χ4n) is 11.3. The topological polar surface area (TPSA) is 66.8 Å². The second kappa shape index (κ2) is 8.91. The van der Waals surface area contributed by atoms with Gasteiger partial charge in [-0.3, -0.25) is 14.4 Å². The molecule has 1 unspecified atom stereocenters. The molecule has 5 heteroatoms. The van der Waals surface area contributed by atoms with Crippen molar-refractivity contribution in [2.24, 2.45) is 50.2 Å². The number of hydrogen-bond acceptors (Lipinski definition) is 4. The summed E-state index contributed by atoms with van der Waals surface area (Å²) in [6, 6.07) is 0. The van der Waals surface area contributed by atoms with Gasteiger partial charge in [-0.15, -0.1) is 0 Å². The number of ketones is 1. The molecule has 0 aromatic carbocycles. The van der Waals surface area contributed by atoms with Crippen molar-refractivity contribution in [3.05, 3.63) is 11.6 Å². The molecule has 4 saturated carbocycles. The highest BCUT2D eigenvalue weighted by atomic mass is 16.7. The van der Waals surface area contributed by atoms with E-state index >= 15 is 0 Å². The molecule has 0 aromatic rings. The zero-order chi connectivity index (χ0) is 29.9. The number of amides is 1. The standard InChI is InChI=1S/C35H57NO4/c1-29(2,3)36(40-11)28(39)32(7)17-16-31(6)18-19-34(9)22(23(31)21-32)20-24(37)27-33(8)14-13-26(38)30(4,5)25(33)12-15-35(27,34)10/h20,23,25-27,38H,12-19,21H2,1-11H3/t23-,25?,26-,27+,31+,32-,33-,34+,35+/m0/s1. The van der Waals surface area contributed by atoms with Crippen LogP contribution in [0.2, 0.25) is 0 Å². The largest absolute Gasteiger partial charge is 0.393 e. The van der Waals surface area contributed by atoms with Gasteiger partial charge in [-0.05, 0) is 124 Å². The van der Waals surface area contributed by atoms with Crippen LogP contribution < -0.4 is 0 Å². The van der Waals surface area contributed by atoms with Gasteiger partial charge in [0, 0.05) is 11.3 Å². The SMILES string of the molecule is CON(C(=O)[C@@]1(C)CC[C@]2(C)CC[C@]3(C)C(=CC(=O)[C@@H]4[C@@]5(C)CC[C@H](O)C(C)(C)C5CC[C@]43C)[C@@H]2C1)C(C)(C)C. The van der Waals surface area contributed by atoms with Crippen LogP contribution in [0.4, 0.5) is 0 Å². The van der Waals surface area contributed by atoms with Gasteiger partial charge in [-0.25, -0.2) is 5.06 Å². The Morgan fingerprint density at radius 3 is 2.17 bits per heavy atom. The molecule has 0 radical (unpaired) electrons. The number of fused-ring (bicyclic) bond motifs is 7. The number of aliphatic hydroxyl groups excluding tert-OH is 1. The molecule has 9 atom stereocenters. The first-order chi connectivity index (χ1) is 18.2. The van der Waals surface area contributed by atoms with E-state index in [1.807, 2.05) is 20.8 Å². The molecule has 1 N–H and O–H groups in total. The molecule has 0 aromatic heterocycles. The van der Waals surface area contributed by atoms with Crippen LogP contribution in [0.5, 0.6) is 0 Å². The summed E-state index contributed by atoms with van der Waals surface area (Å²) in [7, 11) is 1.60.